The van der Waals surface area contributed by atoms with E-state index in [9.17, 15) is 0 Å². The topological polar surface area (TPSA) is 49.8 Å². The normalized spacial score (nSPS) is 10.5. The third-order valence-electron chi connectivity index (χ3n) is 3.24. The first kappa shape index (κ1) is 15.0. The van der Waals surface area contributed by atoms with Crippen molar-refractivity contribution in [2.45, 2.75) is 26.7 Å². The molecule has 0 saturated carbocycles. The second kappa shape index (κ2) is 6.88. The number of benzene rings is 1. The molecular formula is C17H22N4. The van der Waals surface area contributed by atoms with Gasteiger partial charge in [0.1, 0.15) is 5.82 Å². The van der Waals surface area contributed by atoms with E-state index < -0.39 is 0 Å². The molecule has 1 aromatic heterocycles. The van der Waals surface area contributed by atoms with Crippen LogP contribution in [0.25, 0.3) is 0 Å². The van der Waals surface area contributed by atoms with Crippen LogP contribution in [0.5, 0.6) is 0 Å². The van der Waals surface area contributed by atoms with Crippen LogP contribution in [0.1, 0.15) is 30.9 Å². The maximum Gasteiger partial charge on any atom is 0.224 e. The summed E-state index contributed by atoms with van der Waals surface area (Å²) in [5.41, 5.74) is 3.62. The van der Waals surface area contributed by atoms with E-state index in [4.69, 9.17) is 0 Å². The van der Waals surface area contributed by atoms with Gasteiger partial charge in [0, 0.05) is 18.4 Å². The predicted molar refractivity (Wildman–Crippen MR) is 89.3 cm³/mol. The van der Waals surface area contributed by atoms with Gasteiger partial charge in [0.25, 0.3) is 0 Å². The molecule has 21 heavy (non-hydrogen) atoms. The van der Waals surface area contributed by atoms with Gasteiger partial charge in [-0.2, -0.15) is 4.98 Å². The molecule has 2 rings (SSSR count). The van der Waals surface area contributed by atoms with Crippen LogP contribution in [0.15, 0.2) is 43.1 Å². The molecule has 0 amide bonds. The predicted octanol–water partition coefficient (Wildman–Crippen LogP) is 4.25. The summed E-state index contributed by atoms with van der Waals surface area (Å²) in [4.78, 5) is 8.65. The Balaban J connectivity index is 2.28. The molecule has 4 heteroatoms. The van der Waals surface area contributed by atoms with Gasteiger partial charge >= 0.3 is 0 Å². The smallest absolute Gasteiger partial charge is 0.224 e. The van der Waals surface area contributed by atoms with E-state index in [-0.39, 0.29) is 0 Å². The highest BCUT2D eigenvalue weighted by molar-refractivity contribution is 5.65. The molecule has 0 aliphatic rings. The minimum atomic E-state index is 0.451. The maximum absolute atomic E-state index is 4.47. The molecule has 0 unspecified atom stereocenters. The molecule has 0 aliphatic heterocycles. The summed E-state index contributed by atoms with van der Waals surface area (Å²) in [5.74, 6) is 1.83. The zero-order chi connectivity index (χ0) is 15.2. The average molecular weight is 282 g/mol. The minimum Gasteiger partial charge on any atom is -0.351 e. The highest BCUT2D eigenvalue weighted by Crippen LogP contribution is 2.29. The van der Waals surface area contributed by atoms with E-state index >= 15 is 0 Å². The fourth-order valence-corrected chi connectivity index (χ4v) is 2.15. The Morgan fingerprint density at radius 2 is 2.10 bits per heavy atom. The van der Waals surface area contributed by atoms with Crippen LogP contribution in [0.3, 0.4) is 0 Å². The molecule has 2 aromatic rings. The molecule has 0 spiro atoms. The van der Waals surface area contributed by atoms with E-state index in [1.54, 1.807) is 12.3 Å². The summed E-state index contributed by atoms with van der Waals surface area (Å²) in [6.07, 6.45) is 3.52. The number of aromatic nitrogens is 2. The third kappa shape index (κ3) is 3.81. The number of para-hydroxylation sites is 1. The lowest BCUT2D eigenvalue weighted by molar-refractivity contribution is 0.867. The van der Waals surface area contributed by atoms with Crippen molar-refractivity contribution in [2.24, 2.45) is 0 Å². The highest BCUT2D eigenvalue weighted by Gasteiger charge is 2.10. The lowest BCUT2D eigenvalue weighted by Gasteiger charge is -2.17. The zero-order valence-electron chi connectivity index (χ0n) is 12.9. The second-order valence-corrected chi connectivity index (χ2v) is 5.25. The van der Waals surface area contributed by atoms with Gasteiger partial charge in [-0.05, 0) is 30.0 Å². The molecule has 0 radical (unpaired) electrons. The molecular weight excluding hydrogens is 260 g/mol. The molecule has 0 saturated heterocycles. The van der Waals surface area contributed by atoms with Crippen molar-refractivity contribution in [2.75, 3.05) is 17.2 Å². The Kier molecular flexibility index (Phi) is 4.93. The van der Waals surface area contributed by atoms with E-state index in [1.807, 2.05) is 6.07 Å². The highest BCUT2D eigenvalue weighted by atomic mass is 15.1. The van der Waals surface area contributed by atoms with Crippen molar-refractivity contribution < 1.29 is 0 Å². The molecule has 0 atom stereocenters. The zero-order valence-corrected chi connectivity index (χ0v) is 12.9. The number of nitrogens with zero attached hydrogens (tertiary/aromatic N) is 2. The molecule has 1 aromatic carbocycles. The fourth-order valence-electron chi connectivity index (χ4n) is 2.15. The summed E-state index contributed by atoms with van der Waals surface area (Å²) < 4.78 is 0. The molecule has 0 aliphatic carbocycles. The average Bonchev–Trinajstić information content (AvgIpc) is 2.47. The van der Waals surface area contributed by atoms with Crippen molar-refractivity contribution in [3.05, 3.63) is 54.2 Å². The van der Waals surface area contributed by atoms with Gasteiger partial charge in [0.2, 0.25) is 5.95 Å². The summed E-state index contributed by atoms with van der Waals surface area (Å²) in [5, 5.41) is 6.51. The summed E-state index contributed by atoms with van der Waals surface area (Å²) in [6.45, 7) is 10.8. The van der Waals surface area contributed by atoms with Crippen LogP contribution in [-0.4, -0.2) is 16.5 Å². The van der Waals surface area contributed by atoms with E-state index in [0.29, 0.717) is 18.4 Å². The molecule has 2 N–H and O–H groups in total. The Morgan fingerprint density at radius 1 is 1.29 bits per heavy atom. The Labute approximate surface area is 126 Å². The van der Waals surface area contributed by atoms with E-state index in [1.165, 1.54) is 11.1 Å². The second-order valence-electron chi connectivity index (χ2n) is 5.25. The van der Waals surface area contributed by atoms with Crippen LogP contribution in [-0.2, 0) is 0 Å². The molecule has 1 heterocycles. The van der Waals surface area contributed by atoms with Gasteiger partial charge in [-0.3, -0.25) is 0 Å². The lowest BCUT2D eigenvalue weighted by atomic mass is 9.98. The minimum absolute atomic E-state index is 0.451. The largest absolute Gasteiger partial charge is 0.351 e. The van der Waals surface area contributed by atoms with E-state index in [2.05, 4.69) is 66.2 Å². The SMILES string of the molecule is C=CCNc1nccc(Nc2c(C)cccc2C(C)C)n1. The molecule has 110 valence electrons. The van der Waals surface area contributed by atoms with Gasteiger partial charge in [-0.25, -0.2) is 4.98 Å². The van der Waals surface area contributed by atoms with Crippen LogP contribution in [0.4, 0.5) is 17.5 Å². The number of rotatable bonds is 6. The third-order valence-corrected chi connectivity index (χ3v) is 3.24. The van der Waals surface area contributed by atoms with Crippen molar-refractivity contribution in [3.8, 4) is 0 Å². The van der Waals surface area contributed by atoms with Gasteiger partial charge in [-0.15, -0.1) is 6.58 Å². The summed E-state index contributed by atoms with van der Waals surface area (Å²) in [6, 6.07) is 8.22. The van der Waals surface area contributed by atoms with Crippen molar-refractivity contribution in [1.82, 2.24) is 9.97 Å². The van der Waals surface area contributed by atoms with E-state index in [0.717, 1.165) is 11.5 Å². The number of nitrogens with one attached hydrogen (secondary N) is 2. The number of anilines is 3. The summed E-state index contributed by atoms with van der Waals surface area (Å²) >= 11 is 0. The van der Waals surface area contributed by atoms with Gasteiger partial charge in [0.15, 0.2) is 0 Å². The first-order valence-corrected chi connectivity index (χ1v) is 7.16. The van der Waals surface area contributed by atoms with Crippen LogP contribution >= 0.6 is 0 Å². The van der Waals surface area contributed by atoms with Crippen LogP contribution in [0.2, 0.25) is 0 Å². The molecule has 0 fully saturated rings. The summed E-state index contributed by atoms with van der Waals surface area (Å²) in [7, 11) is 0. The standard InChI is InChI=1S/C17H22N4/c1-5-10-18-17-19-11-9-15(21-17)20-16-13(4)7-6-8-14(16)12(2)3/h5-9,11-12H,1,10H2,2-4H3,(H2,18,19,20,21). The monoisotopic (exact) mass is 282 g/mol. The molecule has 4 nitrogen and oxygen atoms in total. The first-order valence-electron chi connectivity index (χ1n) is 7.16. The van der Waals surface area contributed by atoms with Gasteiger partial charge < -0.3 is 10.6 Å². The van der Waals surface area contributed by atoms with Crippen molar-refractivity contribution in [3.63, 3.8) is 0 Å². The number of hydrogen-bond donors (Lipinski definition) is 2. The number of aryl methyl sites for hydroxylation is 1. The van der Waals surface area contributed by atoms with Gasteiger partial charge in [-0.1, -0.05) is 38.1 Å². The van der Waals surface area contributed by atoms with Gasteiger partial charge in [0.05, 0.1) is 0 Å². The quantitative estimate of drug-likeness (QED) is 0.778. The lowest BCUT2D eigenvalue weighted by Crippen LogP contribution is -2.06. The Bertz CT molecular complexity index is 620. The Hall–Kier alpha value is -2.36. The van der Waals surface area contributed by atoms with Crippen molar-refractivity contribution >= 4 is 17.5 Å². The van der Waals surface area contributed by atoms with Crippen LogP contribution in [0, 0.1) is 6.92 Å². The van der Waals surface area contributed by atoms with Crippen LogP contribution < -0.4 is 10.6 Å². The Morgan fingerprint density at radius 3 is 2.81 bits per heavy atom. The number of hydrogen-bond acceptors (Lipinski definition) is 4. The molecule has 0 bridgehead atoms. The maximum atomic E-state index is 4.47. The first-order chi connectivity index (χ1) is 10.1. The fraction of sp³-hybridized carbons (Fsp3) is 0.294. The van der Waals surface area contributed by atoms with Crippen molar-refractivity contribution in [1.29, 1.82) is 0 Å².